The van der Waals surface area contributed by atoms with Crippen LogP contribution in [-0.2, 0) is 38.6 Å². The van der Waals surface area contributed by atoms with Crippen LogP contribution in [0.1, 0.15) is 0 Å². The Morgan fingerprint density at radius 1 is 1.07 bits per heavy atom. The van der Waals surface area contributed by atoms with Crippen LogP contribution in [0.2, 0.25) is 0 Å². The smallest absolute Gasteiger partial charge is 0.377 e. The van der Waals surface area contributed by atoms with Gasteiger partial charge < -0.3 is 24.3 Å². The molecule has 0 radical (unpaired) electrons. The number of rotatable bonds is 6. The van der Waals surface area contributed by atoms with Crippen LogP contribution in [0, 0.1) is 0 Å². The number of ether oxygens (including phenoxy) is 4. The molecule has 3 rings (SSSR count). The van der Waals surface area contributed by atoms with Gasteiger partial charge >= 0.3 is 5.97 Å². The number of carbonyl (C=O) groups excluding carboxylic acids is 2. The Labute approximate surface area is 162 Å². The van der Waals surface area contributed by atoms with Crippen molar-refractivity contribution in [3.8, 4) is 0 Å². The highest BCUT2D eigenvalue weighted by Crippen LogP contribution is 2.19. The molecule has 0 bridgehead atoms. The first-order valence-electron chi connectivity index (χ1n) is 8.56. The van der Waals surface area contributed by atoms with Gasteiger partial charge in [0.1, 0.15) is 19.5 Å². The first-order valence-corrected chi connectivity index (χ1v) is 10.0. The molecule has 2 aliphatic rings. The normalized spacial score (nSPS) is 17.6. The SMILES string of the molecule is O=C(COC(=O)C1=COCCO1)Nc1ccc(S(=O)(=O)N2CCOCC2)cc1. The van der Waals surface area contributed by atoms with E-state index < -0.39 is 28.5 Å². The van der Waals surface area contributed by atoms with Crippen molar-refractivity contribution in [3.05, 3.63) is 36.3 Å². The molecule has 1 saturated heterocycles. The van der Waals surface area contributed by atoms with Crippen molar-refractivity contribution < 1.29 is 37.0 Å². The van der Waals surface area contributed by atoms with Gasteiger partial charge in [0.05, 0.1) is 18.1 Å². The van der Waals surface area contributed by atoms with Gasteiger partial charge in [-0.05, 0) is 24.3 Å². The summed E-state index contributed by atoms with van der Waals surface area (Å²) in [5, 5.41) is 2.52. The number of esters is 1. The fourth-order valence-corrected chi connectivity index (χ4v) is 3.93. The molecule has 2 heterocycles. The molecule has 0 atom stereocenters. The van der Waals surface area contributed by atoms with Crippen LogP contribution in [0.4, 0.5) is 5.69 Å². The van der Waals surface area contributed by atoms with E-state index in [1.54, 1.807) is 0 Å². The van der Waals surface area contributed by atoms with E-state index in [1.807, 2.05) is 0 Å². The molecule has 2 aliphatic heterocycles. The highest BCUT2D eigenvalue weighted by atomic mass is 32.2. The van der Waals surface area contributed by atoms with Crippen LogP contribution in [0.5, 0.6) is 0 Å². The molecule has 1 aromatic rings. The average molecular weight is 412 g/mol. The topological polar surface area (TPSA) is 120 Å². The van der Waals surface area contributed by atoms with E-state index in [-0.39, 0.29) is 17.3 Å². The summed E-state index contributed by atoms with van der Waals surface area (Å²) in [5.41, 5.74) is 0.374. The fourth-order valence-electron chi connectivity index (χ4n) is 2.52. The second kappa shape index (κ2) is 9.04. The number of anilines is 1. The molecule has 0 aliphatic carbocycles. The van der Waals surface area contributed by atoms with Crippen LogP contribution >= 0.6 is 0 Å². The molecule has 11 heteroatoms. The Morgan fingerprint density at radius 2 is 1.79 bits per heavy atom. The zero-order valence-electron chi connectivity index (χ0n) is 15.0. The van der Waals surface area contributed by atoms with Gasteiger partial charge in [-0.1, -0.05) is 0 Å². The summed E-state index contributed by atoms with van der Waals surface area (Å²) in [7, 11) is -3.60. The van der Waals surface area contributed by atoms with Gasteiger partial charge in [-0.3, -0.25) is 4.79 Å². The lowest BCUT2D eigenvalue weighted by Gasteiger charge is -2.26. The van der Waals surface area contributed by atoms with E-state index in [0.717, 1.165) is 6.26 Å². The van der Waals surface area contributed by atoms with Crippen LogP contribution < -0.4 is 5.32 Å². The number of morpholine rings is 1. The van der Waals surface area contributed by atoms with Crippen LogP contribution in [-0.4, -0.2) is 70.7 Å². The van der Waals surface area contributed by atoms with E-state index in [4.69, 9.17) is 18.9 Å². The van der Waals surface area contributed by atoms with Gasteiger partial charge in [-0.2, -0.15) is 4.31 Å². The number of carbonyl (C=O) groups is 2. The molecule has 0 spiro atoms. The molecule has 1 aromatic carbocycles. The van der Waals surface area contributed by atoms with Crippen molar-refractivity contribution in [3.63, 3.8) is 0 Å². The highest BCUT2D eigenvalue weighted by Gasteiger charge is 2.26. The van der Waals surface area contributed by atoms with Gasteiger partial charge in [0.15, 0.2) is 6.61 Å². The van der Waals surface area contributed by atoms with E-state index in [0.29, 0.717) is 38.6 Å². The minimum absolute atomic E-state index is 0.100. The molecule has 1 amide bonds. The lowest BCUT2D eigenvalue weighted by Crippen LogP contribution is -2.40. The maximum atomic E-state index is 12.5. The summed E-state index contributed by atoms with van der Waals surface area (Å²) in [5.74, 6) is -1.48. The summed E-state index contributed by atoms with van der Waals surface area (Å²) in [6.45, 7) is 1.38. The van der Waals surface area contributed by atoms with E-state index in [9.17, 15) is 18.0 Å². The number of benzene rings is 1. The minimum atomic E-state index is -3.60. The number of hydrogen-bond donors (Lipinski definition) is 1. The molecule has 28 heavy (non-hydrogen) atoms. The average Bonchev–Trinajstić information content (AvgIpc) is 2.73. The number of hydrogen-bond acceptors (Lipinski definition) is 8. The zero-order valence-corrected chi connectivity index (χ0v) is 15.8. The summed E-state index contributed by atoms with van der Waals surface area (Å²) in [6.07, 6.45) is 1.14. The lowest BCUT2D eigenvalue weighted by atomic mass is 10.3. The predicted molar refractivity (Wildman–Crippen MR) is 95.6 cm³/mol. The maximum absolute atomic E-state index is 12.5. The van der Waals surface area contributed by atoms with Gasteiger partial charge in [0, 0.05) is 18.8 Å². The lowest BCUT2D eigenvalue weighted by molar-refractivity contribution is -0.148. The Balaban J connectivity index is 1.52. The highest BCUT2D eigenvalue weighted by molar-refractivity contribution is 7.89. The molecular weight excluding hydrogens is 392 g/mol. The van der Waals surface area contributed by atoms with Gasteiger partial charge in [0.25, 0.3) is 5.91 Å². The standard InChI is InChI=1S/C17H20N2O8S/c20-16(12-27-17(21)15-11-25-9-10-26-15)18-13-1-3-14(4-2-13)28(22,23)19-5-7-24-8-6-19/h1-4,11H,5-10,12H2,(H,18,20). The van der Waals surface area contributed by atoms with Gasteiger partial charge in [0.2, 0.25) is 15.8 Å². The molecule has 152 valence electrons. The monoisotopic (exact) mass is 412 g/mol. The van der Waals surface area contributed by atoms with Crippen molar-refractivity contribution in [1.82, 2.24) is 4.31 Å². The zero-order chi connectivity index (χ0) is 20.0. The number of amides is 1. The van der Waals surface area contributed by atoms with Crippen molar-refractivity contribution in [2.75, 3.05) is 51.4 Å². The summed E-state index contributed by atoms with van der Waals surface area (Å²) in [4.78, 5) is 23.7. The third-order valence-electron chi connectivity index (χ3n) is 3.93. The molecule has 10 nitrogen and oxygen atoms in total. The quantitative estimate of drug-likeness (QED) is 0.652. The number of nitrogens with one attached hydrogen (secondary N) is 1. The second-order valence-electron chi connectivity index (χ2n) is 5.87. The van der Waals surface area contributed by atoms with Crippen molar-refractivity contribution in [1.29, 1.82) is 0 Å². The summed E-state index contributed by atoms with van der Waals surface area (Å²) < 4.78 is 46.4. The van der Waals surface area contributed by atoms with Crippen molar-refractivity contribution in [2.24, 2.45) is 0 Å². The fraction of sp³-hybridized carbons (Fsp3) is 0.412. The van der Waals surface area contributed by atoms with Gasteiger partial charge in [-0.25, -0.2) is 13.2 Å². The third-order valence-corrected chi connectivity index (χ3v) is 5.84. The number of nitrogens with zero attached hydrogens (tertiary/aromatic N) is 1. The van der Waals surface area contributed by atoms with Crippen molar-refractivity contribution >= 4 is 27.6 Å². The van der Waals surface area contributed by atoms with Crippen molar-refractivity contribution in [2.45, 2.75) is 4.90 Å². The maximum Gasteiger partial charge on any atom is 0.377 e. The predicted octanol–water partition coefficient (Wildman–Crippen LogP) is 0.0774. The first kappa shape index (κ1) is 20.1. The van der Waals surface area contributed by atoms with Gasteiger partial charge in [-0.15, -0.1) is 0 Å². The Hall–Kier alpha value is -2.63. The van der Waals surface area contributed by atoms with E-state index in [2.05, 4.69) is 5.32 Å². The summed E-state index contributed by atoms with van der Waals surface area (Å²) in [6, 6.07) is 5.75. The number of sulfonamides is 1. The molecule has 0 saturated carbocycles. The Morgan fingerprint density at radius 3 is 2.43 bits per heavy atom. The molecular formula is C17H20N2O8S. The minimum Gasteiger partial charge on any atom is -0.493 e. The third kappa shape index (κ3) is 5.00. The molecule has 0 aromatic heterocycles. The molecule has 1 N–H and O–H groups in total. The Bertz CT molecular complexity index is 844. The molecule has 1 fully saturated rings. The molecule has 0 unspecified atom stereocenters. The first-order chi connectivity index (χ1) is 13.5. The Kier molecular flexibility index (Phi) is 6.49. The van der Waals surface area contributed by atoms with E-state index in [1.165, 1.54) is 28.6 Å². The largest absolute Gasteiger partial charge is 0.493 e. The second-order valence-corrected chi connectivity index (χ2v) is 7.80. The van der Waals surface area contributed by atoms with Crippen LogP contribution in [0.15, 0.2) is 41.2 Å². The van der Waals surface area contributed by atoms with E-state index >= 15 is 0 Å². The summed E-state index contributed by atoms with van der Waals surface area (Å²) >= 11 is 0. The van der Waals surface area contributed by atoms with Crippen LogP contribution in [0.3, 0.4) is 0 Å². The van der Waals surface area contributed by atoms with Crippen LogP contribution in [0.25, 0.3) is 0 Å².